The van der Waals surface area contributed by atoms with Gasteiger partial charge in [0.05, 0.1) is 29.4 Å². The van der Waals surface area contributed by atoms with Crippen molar-refractivity contribution in [3.8, 4) is 0 Å². The number of hydrogen-bond donors (Lipinski definition) is 1. The van der Waals surface area contributed by atoms with Crippen molar-refractivity contribution in [2.75, 3.05) is 33.3 Å². The zero-order chi connectivity index (χ0) is 15.7. The van der Waals surface area contributed by atoms with E-state index in [0.29, 0.717) is 18.6 Å². The fraction of sp³-hybridized carbons (Fsp3) is 0.385. The van der Waals surface area contributed by atoms with Crippen molar-refractivity contribution in [2.45, 2.75) is 4.90 Å². The van der Waals surface area contributed by atoms with Crippen molar-refractivity contribution in [1.29, 1.82) is 0 Å². The van der Waals surface area contributed by atoms with E-state index in [0.717, 1.165) is 5.52 Å². The summed E-state index contributed by atoms with van der Waals surface area (Å²) < 4.78 is 31.3. The third kappa shape index (κ3) is 2.53. The molecule has 2 heterocycles. The Bertz CT molecular complexity index is 793. The number of aromatic nitrogens is 2. The van der Waals surface area contributed by atoms with Crippen LogP contribution in [0, 0.1) is 0 Å². The number of imidazole rings is 1. The number of ether oxygens (including phenoxy) is 1. The van der Waals surface area contributed by atoms with Crippen LogP contribution in [0.4, 0.5) is 4.79 Å². The minimum atomic E-state index is -3.58. The SMILES string of the molecule is COC(=O)N1CCN(S(=O)(=O)c2ccc3nc[nH]c3c2)CC1. The second-order valence-electron chi connectivity index (χ2n) is 4.94. The maximum Gasteiger partial charge on any atom is 0.409 e. The average Bonchev–Trinajstić information content (AvgIpc) is 3.01. The molecule has 1 amide bonds. The van der Waals surface area contributed by atoms with Gasteiger partial charge in [0.15, 0.2) is 0 Å². The summed E-state index contributed by atoms with van der Waals surface area (Å²) in [6.07, 6.45) is 1.09. The number of methoxy groups -OCH3 is 1. The van der Waals surface area contributed by atoms with Crippen LogP contribution in [0.3, 0.4) is 0 Å². The highest BCUT2D eigenvalue weighted by molar-refractivity contribution is 7.89. The van der Waals surface area contributed by atoms with Crippen LogP contribution < -0.4 is 0 Å². The highest BCUT2D eigenvalue weighted by Crippen LogP contribution is 2.21. The van der Waals surface area contributed by atoms with E-state index in [4.69, 9.17) is 0 Å². The van der Waals surface area contributed by atoms with Crippen LogP contribution in [0.15, 0.2) is 29.4 Å². The second-order valence-corrected chi connectivity index (χ2v) is 6.88. The molecule has 1 N–H and O–H groups in total. The van der Waals surface area contributed by atoms with Crippen molar-refractivity contribution >= 4 is 27.1 Å². The molecule has 2 aromatic rings. The number of piperazine rings is 1. The number of nitrogens with one attached hydrogen (secondary N) is 1. The number of sulfonamides is 1. The largest absolute Gasteiger partial charge is 0.453 e. The molecule has 0 radical (unpaired) electrons. The van der Waals surface area contributed by atoms with Gasteiger partial charge in [0, 0.05) is 26.2 Å². The third-order valence-electron chi connectivity index (χ3n) is 3.70. The summed E-state index contributed by atoms with van der Waals surface area (Å²) in [5, 5.41) is 0. The number of carbonyl (C=O) groups excluding carboxylic acids is 1. The second kappa shape index (κ2) is 5.58. The number of H-pyrrole nitrogens is 1. The molecule has 3 rings (SSSR count). The van der Waals surface area contributed by atoms with Crippen LogP contribution in [0.25, 0.3) is 11.0 Å². The lowest BCUT2D eigenvalue weighted by Crippen LogP contribution is -2.50. The first-order valence-corrected chi connectivity index (χ1v) is 8.22. The van der Waals surface area contributed by atoms with E-state index in [2.05, 4.69) is 14.7 Å². The number of aromatic amines is 1. The molecule has 1 fully saturated rings. The molecule has 8 nitrogen and oxygen atoms in total. The smallest absolute Gasteiger partial charge is 0.409 e. The van der Waals surface area contributed by atoms with Gasteiger partial charge in [-0.05, 0) is 18.2 Å². The first kappa shape index (κ1) is 14.8. The Morgan fingerprint density at radius 3 is 2.68 bits per heavy atom. The third-order valence-corrected chi connectivity index (χ3v) is 5.60. The highest BCUT2D eigenvalue weighted by Gasteiger charge is 2.30. The van der Waals surface area contributed by atoms with Crippen molar-refractivity contribution < 1.29 is 17.9 Å². The van der Waals surface area contributed by atoms with Crippen LogP contribution in [-0.2, 0) is 14.8 Å². The molecule has 1 aliphatic heterocycles. The molecule has 0 unspecified atom stereocenters. The van der Waals surface area contributed by atoms with Crippen LogP contribution >= 0.6 is 0 Å². The average molecular weight is 324 g/mol. The summed E-state index contributed by atoms with van der Waals surface area (Å²) in [6, 6.07) is 4.79. The molecule has 9 heteroatoms. The van der Waals surface area contributed by atoms with Gasteiger partial charge in [0.1, 0.15) is 0 Å². The van der Waals surface area contributed by atoms with E-state index in [-0.39, 0.29) is 18.0 Å². The molecule has 0 aliphatic carbocycles. The van der Waals surface area contributed by atoms with E-state index in [1.807, 2.05) is 0 Å². The van der Waals surface area contributed by atoms with Crippen LogP contribution in [-0.4, -0.2) is 67.0 Å². The molecule has 0 bridgehead atoms. The summed E-state index contributed by atoms with van der Waals surface area (Å²) in [4.78, 5) is 20.1. The van der Waals surface area contributed by atoms with Gasteiger partial charge in [-0.1, -0.05) is 0 Å². The Labute approximate surface area is 127 Å². The molecule has 1 saturated heterocycles. The number of hydrogen-bond acceptors (Lipinski definition) is 5. The predicted molar refractivity (Wildman–Crippen MR) is 78.8 cm³/mol. The number of nitrogens with zero attached hydrogens (tertiary/aromatic N) is 3. The zero-order valence-electron chi connectivity index (χ0n) is 12.0. The van der Waals surface area contributed by atoms with Gasteiger partial charge in [-0.15, -0.1) is 0 Å². The van der Waals surface area contributed by atoms with E-state index in [1.165, 1.54) is 22.6 Å². The van der Waals surface area contributed by atoms with Crippen LogP contribution in [0.1, 0.15) is 0 Å². The Kier molecular flexibility index (Phi) is 3.75. The molecular weight excluding hydrogens is 308 g/mol. The van der Waals surface area contributed by atoms with Crippen molar-refractivity contribution in [1.82, 2.24) is 19.2 Å². The molecular formula is C13H16N4O4S. The van der Waals surface area contributed by atoms with Crippen LogP contribution in [0.5, 0.6) is 0 Å². The van der Waals surface area contributed by atoms with Gasteiger partial charge in [-0.3, -0.25) is 0 Å². The molecule has 118 valence electrons. The number of rotatable bonds is 2. The fourth-order valence-corrected chi connectivity index (χ4v) is 3.91. The van der Waals surface area contributed by atoms with Crippen molar-refractivity contribution in [3.05, 3.63) is 24.5 Å². The molecule has 1 aliphatic rings. The molecule has 0 atom stereocenters. The van der Waals surface area contributed by atoms with Gasteiger partial charge in [-0.25, -0.2) is 18.2 Å². The van der Waals surface area contributed by atoms with E-state index in [9.17, 15) is 13.2 Å². The normalized spacial score (nSPS) is 16.9. The Morgan fingerprint density at radius 2 is 2.00 bits per heavy atom. The monoisotopic (exact) mass is 324 g/mol. The van der Waals surface area contributed by atoms with Crippen molar-refractivity contribution in [3.63, 3.8) is 0 Å². The van der Waals surface area contributed by atoms with Gasteiger partial charge >= 0.3 is 6.09 Å². The van der Waals surface area contributed by atoms with E-state index < -0.39 is 16.1 Å². The van der Waals surface area contributed by atoms with Crippen molar-refractivity contribution in [2.24, 2.45) is 0 Å². The summed E-state index contributed by atoms with van der Waals surface area (Å²) in [5.74, 6) is 0. The Morgan fingerprint density at radius 1 is 1.27 bits per heavy atom. The van der Waals surface area contributed by atoms with E-state index in [1.54, 1.807) is 18.2 Å². The lowest BCUT2D eigenvalue weighted by Gasteiger charge is -2.33. The number of carbonyl (C=O) groups is 1. The topological polar surface area (TPSA) is 95.6 Å². The summed E-state index contributed by atoms with van der Waals surface area (Å²) in [6.45, 7) is 1.13. The molecule has 1 aromatic carbocycles. The number of benzene rings is 1. The zero-order valence-corrected chi connectivity index (χ0v) is 12.8. The molecule has 0 spiro atoms. The predicted octanol–water partition coefficient (Wildman–Crippen LogP) is 0.636. The first-order valence-electron chi connectivity index (χ1n) is 6.78. The van der Waals surface area contributed by atoms with Crippen LogP contribution in [0.2, 0.25) is 0 Å². The quantitative estimate of drug-likeness (QED) is 0.874. The molecule has 1 aromatic heterocycles. The molecule has 0 saturated carbocycles. The van der Waals surface area contributed by atoms with E-state index >= 15 is 0 Å². The Hall–Kier alpha value is -2.13. The standard InChI is InChI=1S/C13H16N4O4S/c1-21-13(18)16-4-6-17(7-5-16)22(19,20)10-2-3-11-12(8-10)15-9-14-11/h2-3,8-9H,4-7H2,1H3,(H,14,15). The maximum atomic E-state index is 12.7. The lowest BCUT2D eigenvalue weighted by atomic mass is 10.3. The number of fused-ring (bicyclic) bond motifs is 1. The van der Waals surface area contributed by atoms with Gasteiger partial charge in [0.25, 0.3) is 0 Å². The summed E-state index contributed by atoms with van der Waals surface area (Å²) >= 11 is 0. The summed E-state index contributed by atoms with van der Waals surface area (Å²) in [5.41, 5.74) is 1.39. The minimum Gasteiger partial charge on any atom is -0.453 e. The first-order chi connectivity index (χ1) is 10.5. The lowest BCUT2D eigenvalue weighted by molar-refractivity contribution is 0.108. The number of amides is 1. The maximum absolute atomic E-state index is 12.7. The Balaban J connectivity index is 1.80. The van der Waals surface area contributed by atoms with Gasteiger partial charge in [-0.2, -0.15) is 4.31 Å². The fourth-order valence-electron chi connectivity index (χ4n) is 2.46. The van der Waals surface area contributed by atoms with Gasteiger partial charge < -0.3 is 14.6 Å². The molecule has 22 heavy (non-hydrogen) atoms. The minimum absolute atomic E-state index is 0.218. The van der Waals surface area contributed by atoms with Gasteiger partial charge in [0.2, 0.25) is 10.0 Å². The highest BCUT2D eigenvalue weighted by atomic mass is 32.2. The summed E-state index contributed by atoms with van der Waals surface area (Å²) in [7, 11) is -2.27.